The molecule has 0 spiro atoms. The number of nitrogens with zero attached hydrogens (tertiary/aromatic N) is 1. The molecule has 1 aliphatic heterocycles. The van der Waals surface area contributed by atoms with Gasteiger partial charge in [-0.05, 0) is 19.4 Å². The monoisotopic (exact) mass is 310 g/mol. The summed E-state index contributed by atoms with van der Waals surface area (Å²) in [4.78, 5) is 26.3. The fraction of sp³-hybridized carbons (Fsp3) is 0.600. The van der Waals surface area contributed by atoms with Crippen LogP contribution in [0.1, 0.15) is 23.7 Å². The summed E-state index contributed by atoms with van der Waals surface area (Å²) < 4.78 is 15.4. The van der Waals surface area contributed by atoms with Gasteiger partial charge in [0.2, 0.25) is 5.91 Å². The Hall–Kier alpha value is -1.86. The Bertz CT molecular complexity index is 488. The van der Waals surface area contributed by atoms with Crippen molar-refractivity contribution in [3.8, 4) is 0 Å². The summed E-state index contributed by atoms with van der Waals surface area (Å²) in [5.41, 5.74) is 0.401. The number of rotatable bonds is 6. The van der Waals surface area contributed by atoms with Gasteiger partial charge >= 0.3 is 0 Å². The first-order valence-electron chi connectivity index (χ1n) is 7.33. The molecule has 0 bridgehead atoms. The number of hydrogen-bond acceptors (Lipinski definition) is 5. The van der Waals surface area contributed by atoms with Gasteiger partial charge in [-0.2, -0.15) is 0 Å². The van der Waals surface area contributed by atoms with Crippen LogP contribution in [0.3, 0.4) is 0 Å². The smallest absolute Gasteiger partial charge is 0.255 e. The number of morpholine rings is 1. The highest BCUT2D eigenvalue weighted by atomic mass is 16.5. The Morgan fingerprint density at radius 1 is 1.55 bits per heavy atom. The molecule has 0 aliphatic carbocycles. The molecule has 1 aromatic heterocycles. The van der Waals surface area contributed by atoms with E-state index in [1.165, 1.54) is 12.5 Å². The van der Waals surface area contributed by atoms with E-state index in [1.807, 2.05) is 0 Å². The third-order valence-corrected chi connectivity index (χ3v) is 3.67. The number of furan rings is 1. The van der Waals surface area contributed by atoms with Crippen molar-refractivity contribution in [3.05, 3.63) is 24.2 Å². The van der Waals surface area contributed by atoms with E-state index in [0.717, 1.165) is 0 Å². The second-order valence-corrected chi connectivity index (χ2v) is 5.25. The van der Waals surface area contributed by atoms with Crippen LogP contribution in [0.5, 0.6) is 0 Å². The number of nitrogens with one attached hydrogen (secondary N) is 1. The molecule has 7 heteroatoms. The van der Waals surface area contributed by atoms with Crippen LogP contribution in [0.15, 0.2) is 23.0 Å². The van der Waals surface area contributed by atoms with E-state index in [1.54, 1.807) is 25.0 Å². The molecule has 1 aliphatic rings. The Morgan fingerprint density at radius 3 is 3.05 bits per heavy atom. The van der Waals surface area contributed by atoms with E-state index in [-0.39, 0.29) is 17.9 Å². The molecule has 1 fully saturated rings. The largest absolute Gasteiger partial charge is 0.472 e. The molecule has 2 atom stereocenters. The molecule has 2 unspecified atom stereocenters. The highest BCUT2D eigenvalue weighted by molar-refractivity contribution is 5.97. The van der Waals surface area contributed by atoms with Gasteiger partial charge in [0, 0.05) is 20.3 Å². The number of carbonyl (C=O) groups excluding carboxylic acids is 2. The minimum Gasteiger partial charge on any atom is -0.472 e. The summed E-state index contributed by atoms with van der Waals surface area (Å²) in [6.07, 6.45) is 3.48. The zero-order chi connectivity index (χ0) is 15.9. The van der Waals surface area contributed by atoms with Gasteiger partial charge in [0.15, 0.2) is 0 Å². The summed E-state index contributed by atoms with van der Waals surface area (Å²) >= 11 is 0. The van der Waals surface area contributed by atoms with Crippen LogP contribution in [-0.2, 0) is 14.3 Å². The first-order chi connectivity index (χ1) is 10.6. The zero-order valence-electron chi connectivity index (χ0n) is 12.9. The minimum atomic E-state index is -0.606. The Labute approximate surface area is 129 Å². The van der Waals surface area contributed by atoms with Crippen LogP contribution in [0.4, 0.5) is 0 Å². The van der Waals surface area contributed by atoms with Crippen LogP contribution < -0.4 is 5.32 Å². The second-order valence-electron chi connectivity index (χ2n) is 5.25. The van der Waals surface area contributed by atoms with Crippen molar-refractivity contribution in [1.82, 2.24) is 10.2 Å². The molecule has 0 radical (unpaired) electrons. The maximum Gasteiger partial charge on any atom is 0.255 e. The summed E-state index contributed by atoms with van der Waals surface area (Å²) in [6, 6.07) is 0.933. The van der Waals surface area contributed by atoms with Gasteiger partial charge in [-0.3, -0.25) is 9.59 Å². The van der Waals surface area contributed by atoms with E-state index >= 15 is 0 Å². The molecular formula is C15H22N2O5. The number of methoxy groups -OCH3 is 1. The lowest BCUT2D eigenvalue weighted by molar-refractivity contribution is -0.142. The predicted molar refractivity (Wildman–Crippen MR) is 78.4 cm³/mol. The third-order valence-electron chi connectivity index (χ3n) is 3.67. The molecule has 1 aromatic rings. The number of hydrogen-bond donors (Lipinski definition) is 1. The Balaban J connectivity index is 1.94. The molecule has 7 nitrogen and oxygen atoms in total. The molecule has 1 saturated heterocycles. The molecule has 2 amide bonds. The normalized spacial score (nSPS) is 19.7. The van der Waals surface area contributed by atoms with Gasteiger partial charge in [-0.1, -0.05) is 0 Å². The standard InChI is InChI=1S/C15H22N2O5/c1-11(16-14(18)12-3-7-21-9-12)15(19)17-5-8-22-10-13(17)4-6-20-2/h3,7,9,11,13H,4-6,8,10H2,1-2H3,(H,16,18). The second kappa shape index (κ2) is 7.95. The minimum absolute atomic E-state index is 0.0190. The predicted octanol–water partition coefficient (Wildman–Crippen LogP) is 0.662. The van der Waals surface area contributed by atoms with Crippen LogP contribution in [0.25, 0.3) is 0 Å². The number of ether oxygens (including phenoxy) is 2. The lowest BCUT2D eigenvalue weighted by Gasteiger charge is -2.37. The van der Waals surface area contributed by atoms with Gasteiger partial charge in [0.1, 0.15) is 12.3 Å². The molecule has 0 saturated carbocycles. The first-order valence-corrected chi connectivity index (χ1v) is 7.33. The maximum absolute atomic E-state index is 12.6. The van der Waals surface area contributed by atoms with E-state index in [2.05, 4.69) is 5.32 Å². The summed E-state index contributed by atoms with van der Waals surface area (Å²) in [6.45, 7) is 3.78. The van der Waals surface area contributed by atoms with Gasteiger partial charge in [0.25, 0.3) is 5.91 Å². The van der Waals surface area contributed by atoms with E-state index in [9.17, 15) is 9.59 Å². The van der Waals surface area contributed by atoms with Gasteiger partial charge in [-0.15, -0.1) is 0 Å². The quantitative estimate of drug-likeness (QED) is 0.835. The fourth-order valence-electron chi connectivity index (χ4n) is 2.42. The van der Waals surface area contributed by atoms with Crippen molar-refractivity contribution >= 4 is 11.8 Å². The highest BCUT2D eigenvalue weighted by Crippen LogP contribution is 2.13. The van der Waals surface area contributed by atoms with E-state index < -0.39 is 6.04 Å². The zero-order valence-corrected chi connectivity index (χ0v) is 12.9. The first kappa shape index (κ1) is 16.5. The average Bonchev–Trinajstić information content (AvgIpc) is 3.07. The molecule has 0 aromatic carbocycles. The third kappa shape index (κ3) is 4.08. The topological polar surface area (TPSA) is 81.0 Å². The SMILES string of the molecule is COCCC1COCCN1C(=O)C(C)NC(=O)c1ccoc1. The van der Waals surface area contributed by atoms with Crippen LogP contribution in [0.2, 0.25) is 0 Å². The molecule has 22 heavy (non-hydrogen) atoms. The van der Waals surface area contributed by atoms with Crippen LogP contribution in [-0.4, -0.2) is 62.3 Å². The van der Waals surface area contributed by atoms with Crippen molar-refractivity contribution in [2.24, 2.45) is 0 Å². The maximum atomic E-state index is 12.6. The van der Waals surface area contributed by atoms with Gasteiger partial charge in [0.05, 0.1) is 31.1 Å². The van der Waals surface area contributed by atoms with Crippen molar-refractivity contribution in [2.45, 2.75) is 25.4 Å². The highest BCUT2D eigenvalue weighted by Gasteiger charge is 2.30. The summed E-state index contributed by atoms with van der Waals surface area (Å²) in [7, 11) is 1.63. The fourth-order valence-corrected chi connectivity index (χ4v) is 2.42. The van der Waals surface area contributed by atoms with E-state index in [0.29, 0.717) is 38.3 Å². The molecule has 1 N–H and O–H groups in total. The van der Waals surface area contributed by atoms with Crippen molar-refractivity contribution in [1.29, 1.82) is 0 Å². The Kier molecular flexibility index (Phi) is 5.97. The van der Waals surface area contributed by atoms with Crippen molar-refractivity contribution in [3.63, 3.8) is 0 Å². The molecule has 122 valence electrons. The van der Waals surface area contributed by atoms with Crippen molar-refractivity contribution in [2.75, 3.05) is 33.5 Å². The van der Waals surface area contributed by atoms with Gasteiger partial charge < -0.3 is 24.1 Å². The van der Waals surface area contributed by atoms with Crippen LogP contribution >= 0.6 is 0 Å². The lowest BCUT2D eigenvalue weighted by Crippen LogP contribution is -2.55. The molecule has 2 rings (SSSR count). The summed E-state index contributed by atoms with van der Waals surface area (Å²) in [5.74, 6) is -0.433. The number of amides is 2. The Morgan fingerprint density at radius 2 is 2.36 bits per heavy atom. The molecule has 2 heterocycles. The van der Waals surface area contributed by atoms with Gasteiger partial charge in [-0.25, -0.2) is 0 Å². The van der Waals surface area contributed by atoms with E-state index in [4.69, 9.17) is 13.9 Å². The number of carbonyl (C=O) groups is 2. The lowest BCUT2D eigenvalue weighted by atomic mass is 10.1. The van der Waals surface area contributed by atoms with Crippen LogP contribution in [0, 0.1) is 0 Å². The average molecular weight is 310 g/mol. The summed E-state index contributed by atoms with van der Waals surface area (Å²) in [5, 5.41) is 2.69. The van der Waals surface area contributed by atoms with Crippen molar-refractivity contribution < 1.29 is 23.5 Å². The molecular weight excluding hydrogens is 288 g/mol.